The molecule has 1 aromatic heterocycles. The number of H-pyrrole nitrogens is 1. The van der Waals surface area contributed by atoms with Crippen LogP contribution in [0.4, 0.5) is 5.69 Å². The van der Waals surface area contributed by atoms with Crippen LogP contribution < -0.4 is 9.80 Å². The van der Waals surface area contributed by atoms with Crippen molar-refractivity contribution in [3.63, 3.8) is 0 Å². The van der Waals surface area contributed by atoms with Crippen molar-refractivity contribution < 1.29 is 4.90 Å². The molecule has 1 aliphatic heterocycles. The van der Waals surface area contributed by atoms with E-state index in [2.05, 4.69) is 34.3 Å². The predicted octanol–water partition coefficient (Wildman–Crippen LogP) is 1.57. The Balaban J connectivity index is 1.56. The molecule has 0 aliphatic carbocycles. The van der Waals surface area contributed by atoms with E-state index in [0.29, 0.717) is 0 Å². The van der Waals surface area contributed by atoms with E-state index in [1.807, 2.05) is 18.3 Å². The largest absolute Gasteiger partial charge is 0.367 e. The van der Waals surface area contributed by atoms with Gasteiger partial charge in [-0.2, -0.15) is 0 Å². The fourth-order valence-corrected chi connectivity index (χ4v) is 2.79. The summed E-state index contributed by atoms with van der Waals surface area (Å²) in [4.78, 5) is 7.22. The molecule has 2 aromatic rings. The molecular weight excluding hydrogens is 258 g/mol. The van der Waals surface area contributed by atoms with Gasteiger partial charge in [0.2, 0.25) is 0 Å². The van der Waals surface area contributed by atoms with Gasteiger partial charge in [-0.15, -0.1) is 0 Å². The molecule has 3 nitrogen and oxygen atoms in total. The Morgan fingerprint density at radius 3 is 2.47 bits per heavy atom. The first kappa shape index (κ1) is 12.6. The summed E-state index contributed by atoms with van der Waals surface area (Å²) in [5.41, 5.74) is 2.68. The first-order valence-corrected chi connectivity index (χ1v) is 7.15. The first-order chi connectivity index (χ1) is 9.31. The molecule has 1 aliphatic rings. The summed E-state index contributed by atoms with van der Waals surface area (Å²) in [7, 11) is 0. The lowest BCUT2D eigenvalue weighted by atomic mass is 10.2. The molecule has 0 atom stereocenters. The van der Waals surface area contributed by atoms with Crippen LogP contribution in [0.1, 0.15) is 5.56 Å². The Kier molecular flexibility index (Phi) is 3.76. The quantitative estimate of drug-likeness (QED) is 0.874. The van der Waals surface area contributed by atoms with Gasteiger partial charge >= 0.3 is 0 Å². The fourth-order valence-electron chi connectivity index (χ4n) is 2.67. The standard InChI is InChI=1S/C15H18ClN3/c16-14-1-3-15(4-2-14)19-9-7-18(8-10-19)12-13-5-6-17-11-13/h1-6,11,17H,7-10,12H2/p+1. The third kappa shape index (κ3) is 3.11. The van der Waals surface area contributed by atoms with Crippen LogP contribution in [0.2, 0.25) is 5.02 Å². The molecule has 3 rings (SSSR count). The van der Waals surface area contributed by atoms with E-state index in [1.165, 1.54) is 24.3 Å². The van der Waals surface area contributed by atoms with Crippen LogP contribution in [-0.2, 0) is 6.54 Å². The molecular formula is C15H19ClN3+. The van der Waals surface area contributed by atoms with Crippen molar-refractivity contribution in [1.82, 2.24) is 4.98 Å². The Hall–Kier alpha value is -1.45. The number of hydrogen-bond donors (Lipinski definition) is 2. The van der Waals surface area contributed by atoms with Gasteiger partial charge < -0.3 is 14.8 Å². The van der Waals surface area contributed by atoms with Gasteiger partial charge in [-0.1, -0.05) is 11.6 Å². The molecule has 1 saturated heterocycles. The maximum atomic E-state index is 5.93. The van der Waals surface area contributed by atoms with Crippen molar-refractivity contribution in [3.8, 4) is 0 Å². The number of halogens is 1. The molecule has 100 valence electrons. The lowest BCUT2D eigenvalue weighted by Crippen LogP contribution is -3.13. The Morgan fingerprint density at radius 1 is 1.11 bits per heavy atom. The van der Waals surface area contributed by atoms with E-state index in [0.717, 1.165) is 24.7 Å². The topological polar surface area (TPSA) is 23.5 Å². The second kappa shape index (κ2) is 5.68. The zero-order valence-electron chi connectivity index (χ0n) is 10.9. The van der Waals surface area contributed by atoms with E-state index < -0.39 is 0 Å². The summed E-state index contributed by atoms with van der Waals surface area (Å²) in [5, 5.41) is 0.806. The summed E-state index contributed by atoms with van der Waals surface area (Å²) in [6.07, 6.45) is 4.09. The zero-order chi connectivity index (χ0) is 13.1. The van der Waals surface area contributed by atoms with Crippen LogP contribution in [-0.4, -0.2) is 31.2 Å². The minimum Gasteiger partial charge on any atom is -0.367 e. The number of aromatic amines is 1. The highest BCUT2D eigenvalue weighted by Crippen LogP contribution is 2.17. The summed E-state index contributed by atoms with van der Waals surface area (Å²) in [6.45, 7) is 5.72. The lowest BCUT2D eigenvalue weighted by molar-refractivity contribution is -0.914. The molecule has 0 radical (unpaired) electrons. The van der Waals surface area contributed by atoms with Crippen molar-refractivity contribution in [3.05, 3.63) is 53.3 Å². The number of nitrogens with zero attached hydrogens (tertiary/aromatic N) is 1. The van der Waals surface area contributed by atoms with Gasteiger partial charge in [-0.05, 0) is 30.3 Å². The monoisotopic (exact) mass is 276 g/mol. The van der Waals surface area contributed by atoms with E-state index in [-0.39, 0.29) is 0 Å². The van der Waals surface area contributed by atoms with Gasteiger partial charge in [0, 0.05) is 28.7 Å². The van der Waals surface area contributed by atoms with E-state index >= 15 is 0 Å². The van der Waals surface area contributed by atoms with E-state index in [4.69, 9.17) is 11.6 Å². The lowest BCUT2D eigenvalue weighted by Gasteiger charge is -2.33. The number of quaternary nitrogens is 1. The summed E-state index contributed by atoms with van der Waals surface area (Å²) in [5.74, 6) is 0. The van der Waals surface area contributed by atoms with Crippen molar-refractivity contribution >= 4 is 17.3 Å². The number of hydrogen-bond acceptors (Lipinski definition) is 1. The van der Waals surface area contributed by atoms with E-state index in [1.54, 1.807) is 4.90 Å². The summed E-state index contributed by atoms with van der Waals surface area (Å²) < 4.78 is 0. The van der Waals surface area contributed by atoms with Crippen LogP contribution in [0.3, 0.4) is 0 Å². The highest BCUT2D eigenvalue weighted by molar-refractivity contribution is 6.30. The van der Waals surface area contributed by atoms with Gasteiger partial charge in [0.25, 0.3) is 0 Å². The number of benzene rings is 1. The molecule has 1 fully saturated rings. The number of rotatable bonds is 3. The van der Waals surface area contributed by atoms with Crippen molar-refractivity contribution in [2.24, 2.45) is 0 Å². The molecule has 0 unspecified atom stereocenters. The average Bonchev–Trinajstić information content (AvgIpc) is 2.94. The van der Waals surface area contributed by atoms with Crippen LogP contribution >= 0.6 is 11.6 Å². The molecule has 0 spiro atoms. The van der Waals surface area contributed by atoms with Gasteiger partial charge in [0.15, 0.2) is 0 Å². The molecule has 19 heavy (non-hydrogen) atoms. The molecule has 0 bridgehead atoms. The van der Waals surface area contributed by atoms with Crippen molar-refractivity contribution in [2.75, 3.05) is 31.1 Å². The second-order valence-electron chi connectivity index (χ2n) is 5.11. The molecule has 1 aromatic carbocycles. The van der Waals surface area contributed by atoms with Gasteiger partial charge in [-0.25, -0.2) is 0 Å². The Labute approximate surface area is 118 Å². The van der Waals surface area contributed by atoms with E-state index in [9.17, 15) is 0 Å². The Bertz CT molecular complexity index is 499. The third-order valence-corrected chi connectivity index (χ3v) is 4.03. The third-order valence-electron chi connectivity index (χ3n) is 3.78. The Morgan fingerprint density at radius 2 is 1.84 bits per heavy atom. The van der Waals surface area contributed by atoms with Crippen LogP contribution in [0, 0.1) is 0 Å². The van der Waals surface area contributed by atoms with Crippen LogP contribution in [0.15, 0.2) is 42.7 Å². The smallest absolute Gasteiger partial charge is 0.104 e. The van der Waals surface area contributed by atoms with Gasteiger partial charge in [0.1, 0.15) is 6.54 Å². The predicted molar refractivity (Wildman–Crippen MR) is 78.9 cm³/mol. The van der Waals surface area contributed by atoms with Crippen LogP contribution in [0.5, 0.6) is 0 Å². The molecule has 2 N–H and O–H groups in total. The highest BCUT2D eigenvalue weighted by atomic mass is 35.5. The van der Waals surface area contributed by atoms with Crippen molar-refractivity contribution in [2.45, 2.75) is 6.54 Å². The number of nitrogens with one attached hydrogen (secondary N) is 2. The maximum absolute atomic E-state index is 5.93. The minimum atomic E-state index is 0.806. The van der Waals surface area contributed by atoms with Crippen LogP contribution in [0.25, 0.3) is 0 Å². The molecule has 0 saturated carbocycles. The second-order valence-corrected chi connectivity index (χ2v) is 5.55. The molecule has 4 heteroatoms. The SMILES string of the molecule is Clc1ccc(N2CC[NH+](Cc3cc[nH]c3)CC2)cc1. The highest BCUT2D eigenvalue weighted by Gasteiger charge is 2.20. The average molecular weight is 277 g/mol. The first-order valence-electron chi connectivity index (χ1n) is 6.77. The normalized spacial score (nSPS) is 16.8. The molecule has 0 amide bonds. The van der Waals surface area contributed by atoms with Gasteiger partial charge in [-0.3, -0.25) is 0 Å². The maximum Gasteiger partial charge on any atom is 0.104 e. The van der Waals surface area contributed by atoms with Crippen molar-refractivity contribution in [1.29, 1.82) is 0 Å². The number of aromatic nitrogens is 1. The summed E-state index contributed by atoms with van der Waals surface area (Å²) >= 11 is 5.93. The molecule has 2 heterocycles. The van der Waals surface area contributed by atoms with Gasteiger partial charge in [0.05, 0.1) is 26.2 Å². The summed E-state index contributed by atoms with van der Waals surface area (Å²) in [6, 6.07) is 10.3. The zero-order valence-corrected chi connectivity index (χ0v) is 11.7. The minimum absolute atomic E-state index is 0.806. The number of anilines is 1. The number of piperazine rings is 1. The fraction of sp³-hybridized carbons (Fsp3) is 0.333.